The van der Waals surface area contributed by atoms with Crippen molar-refractivity contribution in [2.45, 2.75) is 13.0 Å². The maximum atomic E-state index is 13.4. The van der Waals surface area contributed by atoms with Crippen molar-refractivity contribution in [2.24, 2.45) is 0 Å². The molecule has 0 aliphatic carbocycles. The van der Waals surface area contributed by atoms with E-state index >= 15 is 0 Å². The summed E-state index contributed by atoms with van der Waals surface area (Å²) < 4.78 is 1.60. The number of hydrogen-bond acceptors (Lipinski definition) is 7. The Labute approximate surface area is 204 Å². The molecule has 0 saturated carbocycles. The van der Waals surface area contributed by atoms with E-state index in [2.05, 4.69) is 25.7 Å². The molecule has 0 bridgehead atoms. The summed E-state index contributed by atoms with van der Waals surface area (Å²) in [6, 6.07) is 16.1. The summed E-state index contributed by atoms with van der Waals surface area (Å²) in [4.78, 5) is 32.8. The Kier molecular flexibility index (Phi) is 5.71. The fourth-order valence-corrected chi connectivity index (χ4v) is 4.04. The Morgan fingerprint density at radius 2 is 1.97 bits per heavy atom. The van der Waals surface area contributed by atoms with Crippen LogP contribution >= 0.6 is 11.6 Å². The van der Waals surface area contributed by atoms with Gasteiger partial charge in [0.2, 0.25) is 5.95 Å². The SMILES string of the molecule is CC1=C(C(=O)Nc2cccnc2)C(c2ccc(Cl)cc2)n2nc(-c3cccc([N+](=O)[O-])c3)nc2N1. The first-order valence-corrected chi connectivity index (χ1v) is 10.9. The van der Waals surface area contributed by atoms with Crippen molar-refractivity contribution in [3.8, 4) is 11.4 Å². The number of carbonyl (C=O) groups excluding carboxylic acids is 1. The topological polar surface area (TPSA) is 128 Å². The zero-order valence-corrected chi connectivity index (χ0v) is 19.1. The van der Waals surface area contributed by atoms with Crippen LogP contribution in [0.2, 0.25) is 5.02 Å². The van der Waals surface area contributed by atoms with Gasteiger partial charge in [0.15, 0.2) is 5.82 Å². The zero-order chi connectivity index (χ0) is 24.5. The Hall–Kier alpha value is -4.57. The molecule has 0 fully saturated rings. The van der Waals surface area contributed by atoms with E-state index in [1.165, 1.54) is 12.1 Å². The van der Waals surface area contributed by atoms with E-state index in [-0.39, 0.29) is 17.4 Å². The van der Waals surface area contributed by atoms with Crippen molar-refractivity contribution in [3.05, 3.63) is 105 Å². The highest BCUT2D eigenvalue weighted by Gasteiger charge is 2.34. The van der Waals surface area contributed by atoms with Gasteiger partial charge in [-0.1, -0.05) is 35.9 Å². The van der Waals surface area contributed by atoms with Crippen molar-refractivity contribution < 1.29 is 9.72 Å². The first-order valence-electron chi connectivity index (χ1n) is 10.6. The number of nitro benzene ring substituents is 1. The van der Waals surface area contributed by atoms with E-state index in [1.807, 2.05) is 12.1 Å². The summed E-state index contributed by atoms with van der Waals surface area (Å²) in [5.41, 5.74) is 2.76. The number of non-ortho nitro benzene ring substituents is 1. The van der Waals surface area contributed by atoms with Crippen molar-refractivity contribution in [1.29, 1.82) is 0 Å². The van der Waals surface area contributed by atoms with Crippen LogP contribution in [0.15, 0.2) is 84.3 Å². The summed E-state index contributed by atoms with van der Waals surface area (Å²) in [5.74, 6) is 0.361. The molecule has 2 N–H and O–H groups in total. The predicted octanol–water partition coefficient (Wildman–Crippen LogP) is 4.83. The fraction of sp³-hybridized carbons (Fsp3) is 0.0833. The highest BCUT2D eigenvalue weighted by atomic mass is 35.5. The number of hydrogen-bond donors (Lipinski definition) is 2. The molecule has 2 aromatic carbocycles. The minimum Gasteiger partial charge on any atom is -0.328 e. The number of halogens is 1. The predicted molar refractivity (Wildman–Crippen MR) is 131 cm³/mol. The standard InChI is InChI=1S/C24H18ClN7O3/c1-14-20(23(33)28-18-5-3-11-26-13-18)21(15-7-9-17(25)10-8-15)31-24(27-14)29-22(30-31)16-4-2-6-19(12-16)32(34)35/h2-13,21H,1H3,(H,28,33)(H,27,29,30). The fourth-order valence-electron chi connectivity index (χ4n) is 3.91. The second-order valence-corrected chi connectivity index (χ2v) is 8.26. The van der Waals surface area contributed by atoms with Crippen molar-refractivity contribution in [2.75, 3.05) is 10.6 Å². The molecule has 4 aromatic rings. The maximum Gasteiger partial charge on any atom is 0.270 e. The van der Waals surface area contributed by atoms with E-state index in [0.29, 0.717) is 33.5 Å². The third-order valence-electron chi connectivity index (χ3n) is 5.52. The third kappa shape index (κ3) is 4.34. The van der Waals surface area contributed by atoms with Crippen LogP contribution in [0.4, 0.5) is 17.3 Å². The van der Waals surface area contributed by atoms with E-state index < -0.39 is 11.0 Å². The second-order valence-electron chi connectivity index (χ2n) is 7.82. The van der Waals surface area contributed by atoms with Crippen LogP contribution in [-0.4, -0.2) is 30.6 Å². The van der Waals surface area contributed by atoms with Gasteiger partial charge in [-0.15, -0.1) is 5.10 Å². The highest BCUT2D eigenvalue weighted by molar-refractivity contribution is 6.30. The Morgan fingerprint density at radius 1 is 1.17 bits per heavy atom. The number of rotatable bonds is 5. The molecule has 35 heavy (non-hydrogen) atoms. The molecule has 0 spiro atoms. The number of nitrogens with one attached hydrogen (secondary N) is 2. The monoisotopic (exact) mass is 487 g/mol. The molecule has 174 valence electrons. The van der Waals surface area contributed by atoms with Crippen molar-refractivity contribution in [3.63, 3.8) is 0 Å². The second kappa shape index (κ2) is 8.99. The lowest BCUT2D eigenvalue weighted by Crippen LogP contribution is -2.31. The molecule has 3 heterocycles. The summed E-state index contributed by atoms with van der Waals surface area (Å²) in [7, 11) is 0. The largest absolute Gasteiger partial charge is 0.328 e. The lowest BCUT2D eigenvalue weighted by Gasteiger charge is -2.28. The molecule has 0 saturated heterocycles. The van der Waals surface area contributed by atoms with Crippen LogP contribution in [0, 0.1) is 10.1 Å². The number of benzene rings is 2. The molecule has 1 atom stereocenters. The summed E-state index contributed by atoms with van der Waals surface area (Å²) in [6.45, 7) is 1.78. The average molecular weight is 488 g/mol. The minimum absolute atomic E-state index is 0.0664. The lowest BCUT2D eigenvalue weighted by atomic mass is 9.95. The minimum atomic E-state index is -0.625. The van der Waals surface area contributed by atoms with Gasteiger partial charge < -0.3 is 10.6 Å². The molecule has 2 aromatic heterocycles. The smallest absolute Gasteiger partial charge is 0.270 e. The lowest BCUT2D eigenvalue weighted by molar-refractivity contribution is -0.384. The number of amides is 1. The van der Waals surface area contributed by atoms with Crippen molar-refractivity contribution in [1.82, 2.24) is 19.7 Å². The van der Waals surface area contributed by atoms with Gasteiger partial charge in [0.1, 0.15) is 6.04 Å². The van der Waals surface area contributed by atoms with Gasteiger partial charge in [-0.25, -0.2) is 4.68 Å². The molecular weight excluding hydrogens is 470 g/mol. The first kappa shape index (κ1) is 22.2. The number of nitro groups is 1. The van der Waals surface area contributed by atoms with Gasteiger partial charge in [-0.05, 0) is 36.8 Å². The molecule has 11 heteroatoms. The van der Waals surface area contributed by atoms with Gasteiger partial charge in [0.25, 0.3) is 11.6 Å². The normalized spacial score (nSPS) is 14.7. The Balaban J connectivity index is 1.60. The summed E-state index contributed by atoms with van der Waals surface area (Å²) >= 11 is 6.11. The quantitative estimate of drug-likeness (QED) is 0.305. The van der Waals surface area contributed by atoms with E-state index in [4.69, 9.17) is 11.6 Å². The summed E-state index contributed by atoms with van der Waals surface area (Å²) in [6.07, 6.45) is 3.18. The number of pyridine rings is 1. The van der Waals surface area contributed by atoms with E-state index in [1.54, 1.807) is 60.4 Å². The molecule has 1 unspecified atom stereocenters. The van der Waals surface area contributed by atoms with Gasteiger partial charge in [-0.3, -0.25) is 19.9 Å². The molecule has 0 radical (unpaired) electrons. The van der Waals surface area contributed by atoms with Crippen LogP contribution in [0.3, 0.4) is 0 Å². The average Bonchev–Trinajstić information content (AvgIpc) is 3.28. The van der Waals surface area contributed by atoms with Crippen LogP contribution in [-0.2, 0) is 4.79 Å². The van der Waals surface area contributed by atoms with Crippen LogP contribution in [0.1, 0.15) is 18.5 Å². The first-order chi connectivity index (χ1) is 16.9. The molecule has 5 rings (SSSR count). The van der Waals surface area contributed by atoms with Crippen LogP contribution in [0.25, 0.3) is 11.4 Å². The number of allylic oxidation sites excluding steroid dienone is 1. The molecular formula is C24H18ClN7O3. The van der Waals surface area contributed by atoms with Crippen molar-refractivity contribution >= 4 is 34.8 Å². The van der Waals surface area contributed by atoms with E-state index in [9.17, 15) is 14.9 Å². The molecule has 10 nitrogen and oxygen atoms in total. The van der Waals surface area contributed by atoms with Crippen LogP contribution in [0.5, 0.6) is 0 Å². The number of carbonyl (C=O) groups is 1. The molecule has 1 amide bonds. The van der Waals surface area contributed by atoms with Crippen LogP contribution < -0.4 is 10.6 Å². The van der Waals surface area contributed by atoms with E-state index in [0.717, 1.165) is 5.56 Å². The number of nitrogens with zero attached hydrogens (tertiary/aromatic N) is 5. The van der Waals surface area contributed by atoms with Gasteiger partial charge in [-0.2, -0.15) is 4.98 Å². The van der Waals surface area contributed by atoms with Gasteiger partial charge in [0, 0.05) is 34.6 Å². The highest BCUT2D eigenvalue weighted by Crippen LogP contribution is 2.37. The number of anilines is 2. The third-order valence-corrected chi connectivity index (χ3v) is 5.77. The van der Waals surface area contributed by atoms with Gasteiger partial charge in [0.05, 0.1) is 22.4 Å². The zero-order valence-electron chi connectivity index (χ0n) is 18.3. The molecule has 1 aliphatic rings. The maximum absolute atomic E-state index is 13.4. The Bertz CT molecular complexity index is 1470. The van der Waals surface area contributed by atoms with Gasteiger partial charge >= 0.3 is 0 Å². The number of aromatic nitrogens is 4. The Morgan fingerprint density at radius 3 is 2.69 bits per heavy atom. The number of fused-ring (bicyclic) bond motifs is 1. The molecule has 1 aliphatic heterocycles. The summed E-state index contributed by atoms with van der Waals surface area (Å²) in [5, 5.41) is 22.5.